The number of hydrogen-bond donors (Lipinski definition) is 1. The Labute approximate surface area is 90.4 Å². The monoisotopic (exact) mass is 219 g/mol. The van der Waals surface area contributed by atoms with Crippen molar-refractivity contribution < 1.29 is 32.7 Å². The van der Waals surface area contributed by atoms with Crippen LogP contribution in [0.1, 0.15) is 13.3 Å². The van der Waals surface area contributed by atoms with Crippen LogP contribution in [0.25, 0.3) is 5.32 Å². The molecule has 61 valence electrons. The van der Waals surface area contributed by atoms with Gasteiger partial charge in [-0.05, 0) is 19.5 Å². The summed E-state index contributed by atoms with van der Waals surface area (Å²) in [5.74, 6) is 0. The zero-order chi connectivity index (χ0) is 6.24. The molecule has 0 amide bonds. The van der Waals surface area contributed by atoms with Crippen LogP contribution in [0.3, 0.4) is 0 Å². The molecule has 0 saturated heterocycles. The predicted octanol–water partition coefficient (Wildman–Crippen LogP) is 1.44. The quantitative estimate of drug-likeness (QED) is 0.549. The minimum absolute atomic E-state index is 0. The maximum absolute atomic E-state index is 3.94. The minimum Gasteiger partial charge on any atom is -0.664 e. The molecular formula is C7H18N2Y-2. The van der Waals surface area contributed by atoms with Gasteiger partial charge in [-0.2, -0.15) is 7.05 Å². The Bertz CT molecular complexity index is 36.6. The van der Waals surface area contributed by atoms with Crippen molar-refractivity contribution in [3.05, 3.63) is 12.7 Å². The van der Waals surface area contributed by atoms with Gasteiger partial charge in [-0.1, -0.05) is 6.92 Å². The van der Waals surface area contributed by atoms with E-state index < -0.39 is 0 Å². The largest absolute Gasteiger partial charge is 0.664 e. The summed E-state index contributed by atoms with van der Waals surface area (Å²) < 4.78 is 0. The first kappa shape index (κ1) is 17.2. The Kier molecular flexibility index (Phi) is 28.5. The van der Waals surface area contributed by atoms with E-state index in [0.29, 0.717) is 0 Å². The van der Waals surface area contributed by atoms with Crippen LogP contribution in [-0.4, -0.2) is 26.7 Å². The maximum atomic E-state index is 3.94. The van der Waals surface area contributed by atoms with Crippen LogP contribution in [0.15, 0.2) is 0 Å². The third-order valence-electron chi connectivity index (χ3n) is 0.939. The van der Waals surface area contributed by atoms with Crippen LogP contribution < -0.4 is 5.32 Å². The number of nitrogens with one attached hydrogen (secondary N) is 1. The van der Waals surface area contributed by atoms with Crippen molar-refractivity contribution in [3.8, 4) is 0 Å². The molecule has 0 bridgehead atoms. The molecule has 0 spiro atoms. The molecule has 0 saturated carbocycles. The molecule has 0 rings (SSSR count). The minimum atomic E-state index is 0. The van der Waals surface area contributed by atoms with Gasteiger partial charge < -0.3 is 18.1 Å². The zero-order valence-electron chi connectivity index (χ0n) is 7.35. The predicted molar refractivity (Wildman–Crippen MR) is 43.7 cm³/mol. The third-order valence-corrected chi connectivity index (χ3v) is 0.939. The van der Waals surface area contributed by atoms with E-state index in [4.69, 9.17) is 0 Å². The number of nitrogens with zero attached hydrogens (tertiary/aromatic N) is 1. The van der Waals surface area contributed by atoms with Gasteiger partial charge in [0.05, 0.1) is 0 Å². The number of hydrogen-bond acceptors (Lipinski definition) is 1. The first-order valence-electron chi connectivity index (χ1n) is 3.18. The third kappa shape index (κ3) is 16.0. The number of likely N-dealkylation sites (N-methyl/N-ethyl adjacent to an activating group) is 1. The summed E-state index contributed by atoms with van der Waals surface area (Å²) in [6, 6.07) is 0. The van der Waals surface area contributed by atoms with Crippen LogP contribution in [0.2, 0.25) is 0 Å². The average molecular weight is 219 g/mol. The van der Waals surface area contributed by atoms with Gasteiger partial charge in [0.25, 0.3) is 0 Å². The Hall–Kier alpha value is 1.02. The molecule has 0 heterocycles. The van der Waals surface area contributed by atoms with E-state index in [0.717, 1.165) is 19.6 Å². The van der Waals surface area contributed by atoms with Gasteiger partial charge in [0.2, 0.25) is 0 Å². The van der Waals surface area contributed by atoms with Crippen LogP contribution in [0.4, 0.5) is 0 Å². The van der Waals surface area contributed by atoms with Crippen molar-refractivity contribution in [1.29, 1.82) is 0 Å². The average Bonchev–Trinajstić information content (AvgIpc) is 1.81. The topological polar surface area (TPSA) is 26.1 Å². The first-order valence-corrected chi connectivity index (χ1v) is 3.18. The van der Waals surface area contributed by atoms with E-state index >= 15 is 0 Å². The van der Waals surface area contributed by atoms with Crippen molar-refractivity contribution in [1.82, 2.24) is 5.32 Å². The molecule has 1 radical (unpaired) electrons. The smallest absolute Gasteiger partial charge is 0 e. The van der Waals surface area contributed by atoms with Gasteiger partial charge in [-0.15, -0.1) is 6.54 Å². The summed E-state index contributed by atoms with van der Waals surface area (Å²) in [7, 11) is 1.84. The van der Waals surface area contributed by atoms with E-state index in [-0.39, 0.29) is 40.1 Å². The van der Waals surface area contributed by atoms with Gasteiger partial charge in [0.15, 0.2) is 0 Å². The fourth-order valence-electron chi connectivity index (χ4n) is 0.493. The summed E-state index contributed by atoms with van der Waals surface area (Å²) in [6.45, 7) is 5.26. The molecule has 2 nitrogen and oxygen atoms in total. The summed E-state index contributed by atoms with van der Waals surface area (Å²) in [5, 5.41) is 7.19. The maximum Gasteiger partial charge on any atom is 0 e. The molecule has 0 aliphatic carbocycles. The van der Waals surface area contributed by atoms with E-state index in [1.165, 1.54) is 6.42 Å². The molecule has 0 aromatic heterocycles. The fourth-order valence-corrected chi connectivity index (χ4v) is 0.493. The Morgan fingerprint density at radius 1 is 1.30 bits per heavy atom. The van der Waals surface area contributed by atoms with Gasteiger partial charge in [0.1, 0.15) is 0 Å². The molecule has 0 unspecified atom stereocenters. The Balaban J connectivity index is -0.000000245. The molecular weight excluding hydrogens is 201 g/mol. The molecule has 0 aromatic rings. The normalized spacial score (nSPS) is 7.80. The van der Waals surface area contributed by atoms with E-state index in [2.05, 4.69) is 17.6 Å². The molecule has 0 aromatic carbocycles. The summed E-state index contributed by atoms with van der Waals surface area (Å²) in [5.41, 5.74) is 0. The van der Waals surface area contributed by atoms with Crippen molar-refractivity contribution >= 4 is 0 Å². The van der Waals surface area contributed by atoms with Gasteiger partial charge in [-0.25, -0.2) is 0 Å². The van der Waals surface area contributed by atoms with Crippen LogP contribution in [0.5, 0.6) is 0 Å². The van der Waals surface area contributed by atoms with Crippen LogP contribution in [-0.2, 0) is 32.7 Å². The fraction of sp³-hybridized carbons (Fsp3) is 0.857. The zero-order valence-corrected chi connectivity index (χ0v) is 10.2. The molecule has 0 fully saturated rings. The van der Waals surface area contributed by atoms with Gasteiger partial charge >= 0.3 is 0 Å². The second-order valence-electron chi connectivity index (χ2n) is 1.79. The Morgan fingerprint density at radius 3 is 2.30 bits per heavy atom. The second-order valence-corrected chi connectivity index (χ2v) is 1.79. The molecule has 0 aliphatic heterocycles. The first-order chi connectivity index (χ1) is 3.91. The number of rotatable bonds is 5. The SMILES string of the molecule is CCCNCC[N-]C.[CH3-].[Y]. The van der Waals surface area contributed by atoms with Crippen molar-refractivity contribution in [2.45, 2.75) is 13.3 Å². The van der Waals surface area contributed by atoms with Crippen molar-refractivity contribution in [2.75, 3.05) is 26.7 Å². The van der Waals surface area contributed by atoms with E-state index in [1.807, 2.05) is 7.05 Å². The van der Waals surface area contributed by atoms with Crippen LogP contribution in [0, 0.1) is 7.43 Å². The van der Waals surface area contributed by atoms with Crippen LogP contribution >= 0.6 is 0 Å². The summed E-state index contributed by atoms with van der Waals surface area (Å²) in [4.78, 5) is 0. The summed E-state index contributed by atoms with van der Waals surface area (Å²) in [6.07, 6.45) is 1.21. The molecule has 1 N–H and O–H groups in total. The standard InChI is InChI=1S/C6H15N2.CH3.Y/c1-3-4-8-6-5-7-2;;/h8H,3-6H2,1-2H3;1H3;/q2*-1;. The Morgan fingerprint density at radius 2 is 1.90 bits per heavy atom. The molecule has 10 heavy (non-hydrogen) atoms. The molecule has 0 atom stereocenters. The van der Waals surface area contributed by atoms with E-state index in [1.54, 1.807) is 0 Å². The van der Waals surface area contributed by atoms with Crippen molar-refractivity contribution in [2.24, 2.45) is 0 Å². The van der Waals surface area contributed by atoms with Gasteiger partial charge in [0, 0.05) is 32.7 Å². The van der Waals surface area contributed by atoms with Gasteiger partial charge in [-0.3, -0.25) is 0 Å². The molecule has 0 aliphatic rings. The molecule has 3 heteroatoms. The van der Waals surface area contributed by atoms with E-state index in [9.17, 15) is 0 Å². The van der Waals surface area contributed by atoms with Crippen molar-refractivity contribution in [3.63, 3.8) is 0 Å². The summed E-state index contributed by atoms with van der Waals surface area (Å²) >= 11 is 0. The second kappa shape index (κ2) is 16.5.